The molecule has 0 aliphatic carbocycles. The van der Waals surface area contributed by atoms with Crippen molar-refractivity contribution in [1.29, 1.82) is 0 Å². The number of aromatic amines is 1. The van der Waals surface area contributed by atoms with E-state index in [1.165, 1.54) is 0 Å². The summed E-state index contributed by atoms with van der Waals surface area (Å²) in [6.45, 7) is 7.18. The molecule has 0 spiro atoms. The molecule has 3 heterocycles. The number of benzene rings is 1. The van der Waals surface area contributed by atoms with Gasteiger partial charge in [0.15, 0.2) is 0 Å². The number of fused-ring (bicyclic) bond motifs is 1. The molecule has 2 atom stereocenters. The Morgan fingerprint density at radius 1 is 1.31 bits per heavy atom. The Balaban J connectivity index is 1.66. The SMILES string of the molecule is Cc1cc(C)c(CN2C(=O)c3c(ccc(O[C@@H]4CCOC4)c3Cl)CC2C)c(=O)[nH]1. The lowest BCUT2D eigenvalue weighted by atomic mass is 9.93. The average Bonchev–Trinajstić information content (AvgIpc) is 3.15. The molecule has 1 aromatic carbocycles. The van der Waals surface area contributed by atoms with Gasteiger partial charge in [0.25, 0.3) is 11.5 Å². The highest BCUT2D eigenvalue weighted by Crippen LogP contribution is 2.37. The molecule has 2 aliphatic rings. The van der Waals surface area contributed by atoms with E-state index in [0.717, 1.165) is 23.2 Å². The molecule has 1 aromatic heterocycles. The van der Waals surface area contributed by atoms with Gasteiger partial charge in [-0.05, 0) is 50.5 Å². The lowest BCUT2D eigenvalue weighted by Gasteiger charge is -2.35. The second kappa shape index (κ2) is 7.84. The van der Waals surface area contributed by atoms with Crippen LogP contribution in [0, 0.1) is 13.8 Å². The number of carbonyl (C=O) groups is 1. The van der Waals surface area contributed by atoms with Crippen molar-refractivity contribution in [2.75, 3.05) is 13.2 Å². The number of hydrogen-bond acceptors (Lipinski definition) is 4. The number of nitrogens with zero attached hydrogens (tertiary/aromatic N) is 1. The minimum atomic E-state index is -0.170. The minimum absolute atomic E-state index is 0.0406. The fraction of sp³-hybridized carbons (Fsp3) is 0.455. The second-order valence-electron chi connectivity index (χ2n) is 7.94. The third kappa shape index (κ3) is 3.79. The summed E-state index contributed by atoms with van der Waals surface area (Å²) in [5.74, 6) is 0.337. The van der Waals surface area contributed by atoms with Gasteiger partial charge in [-0.1, -0.05) is 17.7 Å². The fourth-order valence-corrected chi connectivity index (χ4v) is 4.43. The van der Waals surface area contributed by atoms with Gasteiger partial charge in [0, 0.05) is 23.7 Å². The molecule has 2 aromatic rings. The van der Waals surface area contributed by atoms with E-state index in [9.17, 15) is 9.59 Å². The number of hydrogen-bond donors (Lipinski definition) is 1. The van der Waals surface area contributed by atoms with Crippen LogP contribution in [-0.4, -0.2) is 41.2 Å². The first-order chi connectivity index (χ1) is 13.8. The first kappa shape index (κ1) is 20.0. The second-order valence-corrected chi connectivity index (χ2v) is 8.32. The first-order valence-corrected chi connectivity index (χ1v) is 10.3. The van der Waals surface area contributed by atoms with Crippen LogP contribution in [0.25, 0.3) is 0 Å². The molecular weight excluding hydrogens is 392 g/mol. The predicted molar refractivity (Wildman–Crippen MR) is 111 cm³/mol. The van der Waals surface area contributed by atoms with Gasteiger partial charge in [0.05, 0.1) is 30.3 Å². The number of H-pyrrole nitrogens is 1. The number of nitrogens with one attached hydrogen (secondary N) is 1. The molecule has 4 rings (SSSR count). The van der Waals surface area contributed by atoms with Crippen molar-refractivity contribution >= 4 is 17.5 Å². The number of ether oxygens (including phenoxy) is 2. The number of carbonyl (C=O) groups excluding carboxylic acids is 1. The molecule has 1 saturated heterocycles. The van der Waals surface area contributed by atoms with Crippen molar-refractivity contribution in [3.8, 4) is 5.75 Å². The molecule has 2 aliphatic heterocycles. The number of halogens is 1. The van der Waals surface area contributed by atoms with Crippen LogP contribution in [0.2, 0.25) is 5.02 Å². The zero-order valence-electron chi connectivity index (χ0n) is 16.9. The van der Waals surface area contributed by atoms with Crippen molar-refractivity contribution in [3.05, 3.63) is 61.5 Å². The molecule has 0 saturated carbocycles. The van der Waals surface area contributed by atoms with Gasteiger partial charge < -0.3 is 19.4 Å². The first-order valence-electron chi connectivity index (χ1n) is 9.91. The Labute approximate surface area is 174 Å². The van der Waals surface area contributed by atoms with Crippen molar-refractivity contribution in [2.24, 2.45) is 0 Å². The standard InChI is InChI=1S/C22H25ClN2O4/c1-12-8-13(2)24-21(26)17(12)10-25-14(3)9-15-4-5-18(20(23)19(15)22(25)27)29-16-6-7-28-11-16/h4-5,8,14,16H,6-7,9-11H2,1-3H3,(H,24,26)/t14?,16-/m1/s1. The molecule has 154 valence electrons. The van der Waals surface area contributed by atoms with Gasteiger partial charge in [0.2, 0.25) is 0 Å². The van der Waals surface area contributed by atoms with Gasteiger partial charge in [0.1, 0.15) is 11.9 Å². The molecular formula is C22H25ClN2O4. The van der Waals surface area contributed by atoms with Crippen molar-refractivity contribution in [1.82, 2.24) is 9.88 Å². The van der Waals surface area contributed by atoms with E-state index in [1.54, 1.807) is 4.90 Å². The summed E-state index contributed by atoms with van der Waals surface area (Å²) < 4.78 is 11.3. The smallest absolute Gasteiger partial charge is 0.256 e. The Morgan fingerprint density at radius 3 is 2.79 bits per heavy atom. The van der Waals surface area contributed by atoms with Crippen LogP contribution >= 0.6 is 11.6 Å². The maximum Gasteiger partial charge on any atom is 0.256 e. The van der Waals surface area contributed by atoms with Crippen LogP contribution in [0.1, 0.15) is 46.1 Å². The van der Waals surface area contributed by atoms with Crippen LogP contribution in [0.15, 0.2) is 23.0 Å². The summed E-state index contributed by atoms with van der Waals surface area (Å²) in [4.78, 5) is 30.4. The van der Waals surface area contributed by atoms with Gasteiger partial charge in [-0.2, -0.15) is 0 Å². The third-order valence-electron chi connectivity index (χ3n) is 5.72. The lowest BCUT2D eigenvalue weighted by molar-refractivity contribution is 0.0647. The number of aryl methyl sites for hydroxylation is 2. The van der Waals surface area contributed by atoms with Crippen LogP contribution in [0.4, 0.5) is 0 Å². The zero-order valence-corrected chi connectivity index (χ0v) is 17.6. The zero-order chi connectivity index (χ0) is 20.7. The Kier molecular flexibility index (Phi) is 5.40. The maximum absolute atomic E-state index is 13.4. The Morgan fingerprint density at radius 2 is 2.10 bits per heavy atom. The molecule has 0 bridgehead atoms. The Hall–Kier alpha value is -2.31. The molecule has 1 N–H and O–H groups in total. The minimum Gasteiger partial charge on any atom is -0.486 e. The molecule has 1 amide bonds. The summed E-state index contributed by atoms with van der Waals surface area (Å²) in [5.41, 5.74) is 3.51. The van der Waals surface area contributed by atoms with Crippen molar-refractivity contribution < 1.29 is 14.3 Å². The summed E-state index contributed by atoms with van der Waals surface area (Å²) in [6, 6.07) is 5.64. The van der Waals surface area contributed by atoms with E-state index < -0.39 is 0 Å². The summed E-state index contributed by atoms with van der Waals surface area (Å²) in [6.07, 6.45) is 1.43. The van der Waals surface area contributed by atoms with Gasteiger partial charge in [-0.3, -0.25) is 9.59 Å². The van der Waals surface area contributed by atoms with Crippen LogP contribution < -0.4 is 10.3 Å². The van der Waals surface area contributed by atoms with Gasteiger partial charge in [-0.25, -0.2) is 0 Å². The topological polar surface area (TPSA) is 71.6 Å². The van der Waals surface area contributed by atoms with Gasteiger partial charge in [-0.15, -0.1) is 0 Å². The van der Waals surface area contributed by atoms with E-state index in [1.807, 2.05) is 39.0 Å². The Bertz CT molecular complexity index is 1010. The van der Waals surface area contributed by atoms with E-state index in [-0.39, 0.29) is 30.2 Å². The van der Waals surface area contributed by atoms with E-state index in [4.69, 9.17) is 21.1 Å². The highest BCUT2D eigenvalue weighted by atomic mass is 35.5. The number of amides is 1. The van der Waals surface area contributed by atoms with E-state index in [2.05, 4.69) is 4.98 Å². The average molecular weight is 417 g/mol. The molecule has 1 unspecified atom stereocenters. The summed E-state index contributed by atoms with van der Waals surface area (Å²) >= 11 is 6.62. The molecule has 1 fully saturated rings. The third-order valence-corrected chi connectivity index (χ3v) is 6.09. The highest BCUT2D eigenvalue weighted by Gasteiger charge is 2.34. The van der Waals surface area contributed by atoms with Crippen LogP contribution in [-0.2, 0) is 17.7 Å². The summed E-state index contributed by atoms with van der Waals surface area (Å²) in [5, 5.41) is 0.339. The van der Waals surface area contributed by atoms with Crippen molar-refractivity contribution in [2.45, 2.75) is 52.3 Å². The molecule has 6 nitrogen and oxygen atoms in total. The predicted octanol–water partition coefficient (Wildman–Crippen LogP) is 3.40. The monoisotopic (exact) mass is 416 g/mol. The highest BCUT2D eigenvalue weighted by molar-refractivity contribution is 6.35. The van der Waals surface area contributed by atoms with Crippen molar-refractivity contribution in [3.63, 3.8) is 0 Å². The quantitative estimate of drug-likeness (QED) is 0.829. The van der Waals surface area contributed by atoms with Crippen LogP contribution in [0.3, 0.4) is 0 Å². The van der Waals surface area contributed by atoms with E-state index in [0.29, 0.717) is 41.5 Å². The largest absolute Gasteiger partial charge is 0.486 e. The lowest BCUT2D eigenvalue weighted by Crippen LogP contribution is -2.44. The molecule has 7 heteroatoms. The molecule has 29 heavy (non-hydrogen) atoms. The van der Waals surface area contributed by atoms with Crippen LogP contribution in [0.5, 0.6) is 5.75 Å². The number of pyridine rings is 1. The van der Waals surface area contributed by atoms with E-state index >= 15 is 0 Å². The number of aromatic nitrogens is 1. The normalized spacial score (nSPS) is 21.4. The maximum atomic E-state index is 13.4. The molecule has 0 radical (unpaired) electrons. The number of rotatable bonds is 4. The summed E-state index contributed by atoms with van der Waals surface area (Å²) in [7, 11) is 0. The van der Waals surface area contributed by atoms with Gasteiger partial charge >= 0.3 is 0 Å². The fourth-order valence-electron chi connectivity index (χ4n) is 4.12.